The van der Waals surface area contributed by atoms with Crippen molar-refractivity contribution in [1.29, 1.82) is 0 Å². The van der Waals surface area contributed by atoms with E-state index in [0.717, 1.165) is 24.0 Å². The van der Waals surface area contributed by atoms with Gasteiger partial charge in [0.15, 0.2) is 0 Å². The van der Waals surface area contributed by atoms with E-state index in [1.165, 1.54) is 11.1 Å². The van der Waals surface area contributed by atoms with Crippen molar-refractivity contribution in [3.8, 4) is 11.1 Å². The zero-order valence-electron chi connectivity index (χ0n) is 12.0. The first kappa shape index (κ1) is 13.8. The maximum Gasteiger partial charge on any atom is 0.342 e. The van der Waals surface area contributed by atoms with Crippen molar-refractivity contribution >= 4 is 17.6 Å². The lowest BCUT2D eigenvalue weighted by Gasteiger charge is -2.21. The van der Waals surface area contributed by atoms with Crippen LogP contribution in [0.25, 0.3) is 11.1 Å². The van der Waals surface area contributed by atoms with Crippen molar-refractivity contribution in [2.24, 2.45) is 0 Å². The summed E-state index contributed by atoms with van der Waals surface area (Å²) in [6.45, 7) is 0. The van der Waals surface area contributed by atoms with Gasteiger partial charge in [-0.3, -0.25) is 0 Å². The molecule has 0 radical (unpaired) electrons. The molecule has 0 aliphatic carbocycles. The molecule has 1 aromatic heterocycles. The van der Waals surface area contributed by atoms with Gasteiger partial charge in [0.2, 0.25) is 0 Å². The molecule has 6 heteroatoms. The van der Waals surface area contributed by atoms with Gasteiger partial charge in [-0.15, -0.1) is 0 Å². The van der Waals surface area contributed by atoms with Gasteiger partial charge in [0.1, 0.15) is 0 Å². The van der Waals surface area contributed by atoms with Crippen LogP contribution in [-0.4, -0.2) is 33.9 Å². The number of rotatable bonds is 2. The molecular formula is C16H17ClN4O. The lowest BCUT2D eigenvalue weighted by Crippen LogP contribution is -2.44. The average molecular weight is 317 g/mol. The van der Waals surface area contributed by atoms with E-state index in [1.807, 2.05) is 24.3 Å². The quantitative estimate of drug-likeness (QED) is 0.895. The smallest absolute Gasteiger partial charge is 0.332 e. The van der Waals surface area contributed by atoms with Gasteiger partial charge in [-0.05, 0) is 37.0 Å². The largest absolute Gasteiger partial charge is 0.342 e. The molecular weight excluding hydrogens is 300 g/mol. The van der Waals surface area contributed by atoms with Crippen LogP contribution in [0.5, 0.6) is 0 Å². The molecule has 22 heavy (non-hydrogen) atoms. The Morgan fingerprint density at radius 2 is 2.09 bits per heavy atom. The van der Waals surface area contributed by atoms with E-state index in [9.17, 15) is 4.79 Å². The Morgan fingerprint density at radius 3 is 2.77 bits per heavy atom. The number of carbonyl (C=O) groups is 1. The molecule has 1 aromatic carbocycles. The Kier molecular flexibility index (Phi) is 3.39. The minimum absolute atomic E-state index is 0.167. The molecule has 4 rings (SSSR count). The van der Waals surface area contributed by atoms with Crippen LogP contribution in [0.15, 0.2) is 36.7 Å². The van der Waals surface area contributed by atoms with Crippen molar-refractivity contribution in [3.63, 3.8) is 0 Å². The molecule has 2 bridgehead atoms. The van der Waals surface area contributed by atoms with Gasteiger partial charge in [-0.1, -0.05) is 23.7 Å². The number of nitrogens with zero attached hydrogens (tertiary/aromatic N) is 2. The van der Waals surface area contributed by atoms with Crippen LogP contribution in [0.1, 0.15) is 19.3 Å². The molecule has 0 saturated carbocycles. The number of fused-ring (bicyclic) bond motifs is 2. The van der Waals surface area contributed by atoms with Crippen molar-refractivity contribution in [3.05, 3.63) is 41.7 Å². The molecule has 114 valence electrons. The highest BCUT2D eigenvalue weighted by molar-refractivity contribution is 6.30. The first-order valence-corrected chi connectivity index (χ1v) is 7.94. The lowest BCUT2D eigenvalue weighted by atomic mass is 9.96. The molecule has 3 atom stereocenters. The molecule has 3 heterocycles. The van der Waals surface area contributed by atoms with Crippen LogP contribution in [-0.2, 0) is 0 Å². The topological polar surface area (TPSA) is 59.0 Å². The summed E-state index contributed by atoms with van der Waals surface area (Å²) in [5, 5.41) is 11.5. The second-order valence-corrected chi connectivity index (χ2v) is 6.46. The summed E-state index contributed by atoms with van der Waals surface area (Å²) in [6, 6.07) is 8.53. The summed E-state index contributed by atoms with van der Waals surface area (Å²) in [4.78, 5) is 12.3. The molecule has 1 amide bonds. The standard InChI is InChI=1S/C16H17ClN4O/c17-12-3-1-10(2-4-12)11-8-18-21(9-11)16(22)20-15-7-13-5-6-14(15)19-13/h1-4,8-9,13-15,19H,5-7H2,(H,20,22)/t13-,14+,15-/m1/s1. The summed E-state index contributed by atoms with van der Waals surface area (Å²) < 4.78 is 1.37. The van der Waals surface area contributed by atoms with Crippen molar-refractivity contribution in [2.75, 3.05) is 0 Å². The molecule has 2 saturated heterocycles. The third-order valence-corrected chi connectivity index (χ3v) is 4.83. The second kappa shape index (κ2) is 5.41. The Hall–Kier alpha value is -1.85. The Labute approximate surface area is 133 Å². The van der Waals surface area contributed by atoms with Crippen LogP contribution in [0.4, 0.5) is 4.79 Å². The normalized spacial score (nSPS) is 26.3. The molecule has 2 aliphatic heterocycles. The number of hydrogen-bond donors (Lipinski definition) is 2. The van der Waals surface area contributed by atoms with Gasteiger partial charge in [-0.2, -0.15) is 9.78 Å². The number of aromatic nitrogens is 2. The molecule has 2 N–H and O–H groups in total. The molecule has 2 aromatic rings. The van der Waals surface area contributed by atoms with E-state index in [0.29, 0.717) is 17.1 Å². The van der Waals surface area contributed by atoms with Gasteiger partial charge >= 0.3 is 6.03 Å². The van der Waals surface area contributed by atoms with Gasteiger partial charge < -0.3 is 10.6 Å². The van der Waals surface area contributed by atoms with E-state index in [-0.39, 0.29) is 12.1 Å². The number of nitrogens with one attached hydrogen (secondary N) is 2. The monoisotopic (exact) mass is 316 g/mol. The number of amides is 1. The highest BCUT2D eigenvalue weighted by Gasteiger charge is 2.39. The van der Waals surface area contributed by atoms with Crippen LogP contribution in [0.3, 0.4) is 0 Å². The fourth-order valence-electron chi connectivity index (χ4n) is 3.43. The first-order chi connectivity index (χ1) is 10.7. The number of carbonyl (C=O) groups excluding carboxylic acids is 1. The van der Waals surface area contributed by atoms with Crippen LogP contribution < -0.4 is 10.6 Å². The Balaban J connectivity index is 1.46. The molecule has 2 aliphatic rings. The van der Waals surface area contributed by atoms with Crippen LogP contribution in [0.2, 0.25) is 5.02 Å². The maximum absolute atomic E-state index is 12.3. The predicted octanol–water partition coefficient (Wildman–Crippen LogP) is 2.65. The Bertz CT molecular complexity index is 696. The van der Waals surface area contributed by atoms with E-state index < -0.39 is 0 Å². The van der Waals surface area contributed by atoms with E-state index in [1.54, 1.807) is 12.4 Å². The minimum Gasteiger partial charge on any atom is -0.332 e. The molecule has 2 fully saturated rings. The fourth-order valence-corrected chi connectivity index (χ4v) is 3.56. The van der Waals surface area contributed by atoms with Gasteiger partial charge in [0, 0.05) is 34.9 Å². The van der Waals surface area contributed by atoms with E-state index >= 15 is 0 Å². The SMILES string of the molecule is O=C(N[C@@H]1C[C@H]2CC[C@@H]1N2)n1cc(-c2ccc(Cl)cc2)cn1. The van der Waals surface area contributed by atoms with Crippen LogP contribution >= 0.6 is 11.6 Å². The zero-order chi connectivity index (χ0) is 15.1. The molecule has 5 nitrogen and oxygen atoms in total. The number of benzene rings is 1. The third-order valence-electron chi connectivity index (χ3n) is 4.58. The summed E-state index contributed by atoms with van der Waals surface area (Å²) >= 11 is 5.89. The predicted molar refractivity (Wildman–Crippen MR) is 85.0 cm³/mol. The molecule has 0 spiro atoms. The Morgan fingerprint density at radius 1 is 1.27 bits per heavy atom. The fraction of sp³-hybridized carbons (Fsp3) is 0.375. The summed E-state index contributed by atoms with van der Waals surface area (Å²) in [7, 11) is 0. The van der Waals surface area contributed by atoms with Gasteiger partial charge in [0.05, 0.1) is 6.20 Å². The van der Waals surface area contributed by atoms with E-state index in [4.69, 9.17) is 11.6 Å². The van der Waals surface area contributed by atoms with Crippen molar-refractivity contribution in [1.82, 2.24) is 20.4 Å². The number of hydrogen-bond acceptors (Lipinski definition) is 3. The average Bonchev–Trinajstić information content (AvgIpc) is 3.24. The molecule has 0 unspecified atom stereocenters. The first-order valence-electron chi connectivity index (χ1n) is 7.56. The highest BCUT2D eigenvalue weighted by atomic mass is 35.5. The zero-order valence-corrected chi connectivity index (χ0v) is 12.8. The summed E-state index contributed by atoms with van der Waals surface area (Å²) in [6.07, 6.45) is 6.83. The lowest BCUT2D eigenvalue weighted by molar-refractivity contribution is 0.233. The van der Waals surface area contributed by atoms with Crippen molar-refractivity contribution < 1.29 is 4.79 Å². The summed E-state index contributed by atoms with van der Waals surface area (Å²) in [5.41, 5.74) is 1.89. The van der Waals surface area contributed by atoms with Gasteiger partial charge in [0.25, 0.3) is 0 Å². The van der Waals surface area contributed by atoms with E-state index in [2.05, 4.69) is 15.7 Å². The van der Waals surface area contributed by atoms with Crippen molar-refractivity contribution in [2.45, 2.75) is 37.4 Å². The third kappa shape index (κ3) is 2.51. The second-order valence-electron chi connectivity index (χ2n) is 6.02. The highest BCUT2D eigenvalue weighted by Crippen LogP contribution is 2.28. The number of halogens is 1. The summed E-state index contributed by atoms with van der Waals surface area (Å²) in [5.74, 6) is 0. The minimum atomic E-state index is -0.167. The maximum atomic E-state index is 12.3. The van der Waals surface area contributed by atoms with Gasteiger partial charge in [-0.25, -0.2) is 4.79 Å². The van der Waals surface area contributed by atoms with Crippen LogP contribution in [0, 0.1) is 0 Å².